The van der Waals surface area contributed by atoms with Crippen LogP contribution >= 0.6 is 0 Å². The van der Waals surface area contributed by atoms with Crippen molar-refractivity contribution in [1.82, 2.24) is 0 Å². The predicted octanol–water partition coefficient (Wildman–Crippen LogP) is 4.68. The Hall–Kier alpha value is -1.43. The summed E-state index contributed by atoms with van der Waals surface area (Å²) in [6.07, 6.45) is -3.42. The van der Waals surface area contributed by atoms with Crippen LogP contribution in [-0.4, -0.2) is 18.4 Å². The van der Waals surface area contributed by atoms with Crippen LogP contribution in [0.3, 0.4) is 0 Å². The molecule has 0 saturated carbocycles. The topological polar surface area (TPSA) is 9.23 Å². The number of hydrogen-bond acceptors (Lipinski definition) is 1. The first-order valence-electron chi connectivity index (χ1n) is 6.44. The number of ether oxygens (including phenoxy) is 1. The molecule has 1 aliphatic rings. The maximum Gasteiger partial charge on any atom is 0.417 e. The predicted molar refractivity (Wildman–Crippen MR) is 68.8 cm³/mol. The summed E-state index contributed by atoms with van der Waals surface area (Å²) in [5, 5.41) is 0. The number of hydrogen-bond donors (Lipinski definition) is 0. The Morgan fingerprint density at radius 3 is 2.43 bits per heavy atom. The molecule has 1 nitrogen and oxygen atoms in total. The van der Waals surface area contributed by atoms with Crippen molar-refractivity contribution >= 4 is 6.08 Å². The lowest BCUT2D eigenvalue weighted by Gasteiger charge is -2.32. The van der Waals surface area contributed by atoms with E-state index in [9.17, 15) is 22.0 Å². The first-order valence-corrected chi connectivity index (χ1v) is 6.44. The number of rotatable bonds is 2. The first kappa shape index (κ1) is 15.9. The van der Waals surface area contributed by atoms with E-state index in [0.29, 0.717) is 0 Å². The maximum atomic E-state index is 13.8. The van der Waals surface area contributed by atoms with Gasteiger partial charge in [0.05, 0.1) is 6.61 Å². The molecule has 0 N–H and O–H groups in total. The van der Waals surface area contributed by atoms with Gasteiger partial charge < -0.3 is 4.74 Å². The van der Waals surface area contributed by atoms with Crippen molar-refractivity contribution in [3.8, 4) is 0 Å². The van der Waals surface area contributed by atoms with Gasteiger partial charge in [0.1, 0.15) is 0 Å². The minimum atomic E-state index is -4.53. The van der Waals surface area contributed by atoms with Crippen molar-refractivity contribution in [2.75, 3.05) is 6.61 Å². The van der Waals surface area contributed by atoms with Gasteiger partial charge in [-0.05, 0) is 18.6 Å². The van der Waals surface area contributed by atoms with Crippen LogP contribution in [0.5, 0.6) is 0 Å². The summed E-state index contributed by atoms with van der Waals surface area (Å²) in [6.45, 7) is 5.58. The molecule has 1 aromatic carbocycles. The lowest BCUT2D eigenvalue weighted by atomic mass is 9.78. The SMILES string of the molecule is C=Cc1c([C@@H]2CO[C@@](C)(C(F)(F)F)[C@@H]2C)ccc(F)c1F. The zero-order valence-corrected chi connectivity index (χ0v) is 11.6. The Morgan fingerprint density at radius 1 is 1.33 bits per heavy atom. The van der Waals surface area contributed by atoms with Gasteiger partial charge >= 0.3 is 6.18 Å². The van der Waals surface area contributed by atoms with Crippen LogP contribution in [0, 0.1) is 17.6 Å². The molecular formula is C15H15F5O. The second-order valence-electron chi connectivity index (χ2n) is 5.38. The van der Waals surface area contributed by atoms with Crippen LogP contribution < -0.4 is 0 Å². The zero-order valence-electron chi connectivity index (χ0n) is 11.6. The second-order valence-corrected chi connectivity index (χ2v) is 5.38. The highest BCUT2D eigenvalue weighted by Gasteiger charge is 2.61. The molecule has 2 rings (SSSR count). The summed E-state index contributed by atoms with van der Waals surface area (Å²) >= 11 is 0. The number of benzene rings is 1. The van der Waals surface area contributed by atoms with E-state index >= 15 is 0 Å². The van der Waals surface area contributed by atoms with Crippen molar-refractivity contribution in [2.45, 2.75) is 31.5 Å². The van der Waals surface area contributed by atoms with Crippen LogP contribution in [0.25, 0.3) is 6.08 Å². The highest BCUT2D eigenvalue weighted by Crippen LogP contribution is 2.50. The molecule has 21 heavy (non-hydrogen) atoms. The van der Waals surface area contributed by atoms with Crippen LogP contribution in [-0.2, 0) is 4.74 Å². The van der Waals surface area contributed by atoms with Gasteiger partial charge in [-0.1, -0.05) is 25.6 Å². The highest BCUT2D eigenvalue weighted by molar-refractivity contribution is 5.54. The highest BCUT2D eigenvalue weighted by atomic mass is 19.4. The molecule has 1 heterocycles. The van der Waals surface area contributed by atoms with E-state index in [2.05, 4.69) is 6.58 Å². The molecule has 3 atom stereocenters. The molecular weight excluding hydrogens is 291 g/mol. The Labute approximate surface area is 119 Å². The number of alkyl halides is 3. The lowest BCUT2D eigenvalue weighted by molar-refractivity contribution is -0.266. The van der Waals surface area contributed by atoms with Gasteiger partial charge in [-0.2, -0.15) is 13.2 Å². The third kappa shape index (κ3) is 2.35. The van der Waals surface area contributed by atoms with Gasteiger partial charge in [0.2, 0.25) is 0 Å². The fraction of sp³-hybridized carbons (Fsp3) is 0.467. The molecule has 0 bridgehead atoms. The summed E-state index contributed by atoms with van der Waals surface area (Å²) in [7, 11) is 0. The van der Waals surface area contributed by atoms with Crippen molar-refractivity contribution < 1.29 is 26.7 Å². The van der Waals surface area contributed by atoms with Crippen LogP contribution in [0.4, 0.5) is 22.0 Å². The van der Waals surface area contributed by atoms with Crippen molar-refractivity contribution in [1.29, 1.82) is 0 Å². The average molecular weight is 306 g/mol. The fourth-order valence-corrected chi connectivity index (χ4v) is 2.73. The Balaban J connectivity index is 2.47. The van der Waals surface area contributed by atoms with Crippen molar-refractivity contribution in [2.24, 2.45) is 5.92 Å². The van der Waals surface area contributed by atoms with E-state index in [1.54, 1.807) is 0 Å². The van der Waals surface area contributed by atoms with E-state index < -0.39 is 35.2 Å². The molecule has 0 radical (unpaired) electrons. The molecule has 116 valence electrons. The smallest absolute Gasteiger partial charge is 0.365 e. The van der Waals surface area contributed by atoms with E-state index in [4.69, 9.17) is 4.74 Å². The van der Waals surface area contributed by atoms with E-state index in [1.807, 2.05) is 0 Å². The molecule has 1 aliphatic heterocycles. The largest absolute Gasteiger partial charge is 0.417 e. The monoisotopic (exact) mass is 306 g/mol. The van der Waals surface area contributed by atoms with E-state index in [1.165, 1.54) is 13.0 Å². The Bertz CT molecular complexity index is 566. The molecule has 1 aromatic rings. The average Bonchev–Trinajstić information content (AvgIpc) is 2.70. The minimum absolute atomic E-state index is 0.109. The van der Waals surface area contributed by atoms with Crippen LogP contribution in [0.1, 0.15) is 30.9 Å². The second kappa shape index (κ2) is 5.09. The zero-order chi connectivity index (χ0) is 16.0. The summed E-state index contributed by atoms with van der Waals surface area (Å²) < 4.78 is 71.4. The summed E-state index contributed by atoms with van der Waals surface area (Å²) in [4.78, 5) is 0. The third-order valence-electron chi connectivity index (χ3n) is 4.37. The molecule has 0 spiro atoms. The molecule has 0 unspecified atom stereocenters. The molecule has 0 aromatic heterocycles. The molecule has 0 amide bonds. The van der Waals surface area contributed by atoms with Gasteiger partial charge in [-0.25, -0.2) is 8.78 Å². The molecule has 6 heteroatoms. The number of halogens is 5. The van der Waals surface area contributed by atoms with Crippen LogP contribution in [0.15, 0.2) is 18.7 Å². The summed E-state index contributed by atoms with van der Waals surface area (Å²) in [6, 6.07) is 2.20. The lowest BCUT2D eigenvalue weighted by Crippen LogP contribution is -2.46. The van der Waals surface area contributed by atoms with Crippen molar-refractivity contribution in [3.63, 3.8) is 0 Å². The van der Waals surface area contributed by atoms with Crippen LogP contribution in [0.2, 0.25) is 0 Å². The molecule has 0 aliphatic carbocycles. The normalized spacial score (nSPS) is 29.7. The van der Waals surface area contributed by atoms with E-state index in [0.717, 1.165) is 19.1 Å². The van der Waals surface area contributed by atoms with Gasteiger partial charge in [0.15, 0.2) is 17.2 Å². The standard InChI is InChI=1S/C15H15F5O/c1-4-9-10(5-6-12(16)13(9)17)11-7-21-14(3,8(11)2)15(18,19)20/h4-6,8,11H,1,7H2,2-3H3/t8-,11-,14-/m1/s1. The Morgan fingerprint density at radius 2 is 1.95 bits per heavy atom. The van der Waals surface area contributed by atoms with Gasteiger partial charge in [0.25, 0.3) is 0 Å². The van der Waals surface area contributed by atoms with E-state index in [-0.39, 0.29) is 17.7 Å². The minimum Gasteiger partial charge on any atom is -0.365 e. The molecule has 1 saturated heterocycles. The maximum absolute atomic E-state index is 13.8. The quantitative estimate of drug-likeness (QED) is 0.721. The van der Waals surface area contributed by atoms with Gasteiger partial charge in [-0.15, -0.1) is 0 Å². The third-order valence-corrected chi connectivity index (χ3v) is 4.37. The summed E-state index contributed by atoms with van der Waals surface area (Å²) in [5.74, 6) is -3.77. The Kier molecular flexibility index (Phi) is 3.86. The van der Waals surface area contributed by atoms with Crippen molar-refractivity contribution in [3.05, 3.63) is 41.5 Å². The summed E-state index contributed by atoms with van der Waals surface area (Å²) in [5.41, 5.74) is -2.13. The van der Waals surface area contributed by atoms with Gasteiger partial charge in [-0.3, -0.25) is 0 Å². The molecule has 1 fully saturated rings. The first-order chi connectivity index (χ1) is 9.63. The van der Waals surface area contributed by atoms with Gasteiger partial charge in [0, 0.05) is 17.4 Å². The fourth-order valence-electron chi connectivity index (χ4n) is 2.73.